The second-order valence-corrected chi connectivity index (χ2v) is 7.82. The third-order valence-corrected chi connectivity index (χ3v) is 5.55. The zero-order valence-electron chi connectivity index (χ0n) is 13.8. The lowest BCUT2D eigenvalue weighted by Gasteiger charge is -2.36. The molecule has 0 bridgehead atoms. The second-order valence-electron chi connectivity index (χ2n) is 6.05. The maximum absolute atomic E-state index is 12.6. The van der Waals surface area contributed by atoms with Crippen molar-refractivity contribution in [1.29, 1.82) is 0 Å². The number of hydrogen-bond acceptors (Lipinski definition) is 2. The van der Waals surface area contributed by atoms with Gasteiger partial charge in [-0.15, -0.1) is 0 Å². The first-order valence-electron chi connectivity index (χ1n) is 8.05. The topological polar surface area (TPSA) is 49.4 Å². The van der Waals surface area contributed by atoms with Crippen molar-refractivity contribution < 1.29 is 9.59 Å². The predicted octanol–water partition coefficient (Wildman–Crippen LogP) is 4.69. The van der Waals surface area contributed by atoms with E-state index in [0.717, 1.165) is 20.9 Å². The van der Waals surface area contributed by atoms with E-state index in [1.165, 1.54) is 5.56 Å². The molecule has 2 aromatic carbocycles. The molecule has 4 nitrogen and oxygen atoms in total. The van der Waals surface area contributed by atoms with Gasteiger partial charge in [-0.2, -0.15) is 0 Å². The molecule has 0 saturated heterocycles. The first-order valence-corrected chi connectivity index (χ1v) is 9.64. The van der Waals surface area contributed by atoms with Crippen LogP contribution in [0.1, 0.15) is 30.5 Å². The monoisotopic (exact) mass is 464 g/mol. The summed E-state index contributed by atoms with van der Waals surface area (Å²) in [5, 5.41) is 2.93. The second kappa shape index (κ2) is 7.70. The Labute approximate surface area is 163 Å². The minimum atomic E-state index is -0.225. The van der Waals surface area contributed by atoms with Crippen molar-refractivity contribution in [1.82, 2.24) is 4.90 Å². The summed E-state index contributed by atoms with van der Waals surface area (Å²) < 4.78 is 1.74. The molecule has 1 unspecified atom stereocenters. The summed E-state index contributed by atoms with van der Waals surface area (Å²) in [4.78, 5) is 26.4. The molecule has 0 aromatic heterocycles. The Bertz CT molecular complexity index is 823. The summed E-state index contributed by atoms with van der Waals surface area (Å²) in [5.74, 6) is -0.117. The summed E-state index contributed by atoms with van der Waals surface area (Å²) >= 11 is 6.85. The summed E-state index contributed by atoms with van der Waals surface area (Å²) in [7, 11) is 0. The molecule has 0 saturated carbocycles. The Balaban J connectivity index is 1.81. The zero-order valence-corrected chi connectivity index (χ0v) is 16.9. The quantitative estimate of drug-likeness (QED) is 0.714. The fraction of sp³-hybridized carbons (Fsp3) is 0.263. The normalized spacial score (nSPS) is 16.3. The van der Waals surface area contributed by atoms with Gasteiger partial charge < -0.3 is 10.2 Å². The number of fused-ring (bicyclic) bond motifs is 1. The van der Waals surface area contributed by atoms with Crippen LogP contribution in [0.15, 0.2) is 51.4 Å². The van der Waals surface area contributed by atoms with Crippen molar-refractivity contribution >= 4 is 49.4 Å². The number of amides is 2. The molecule has 0 fully saturated rings. The SMILES string of the molecule is CC(=O)N1CCc2ccccc2C1CC(=O)Nc1ccc(Br)cc1Br. The molecule has 130 valence electrons. The number of carbonyl (C=O) groups excluding carboxylic acids is 2. The Kier molecular flexibility index (Phi) is 5.59. The molecule has 1 aliphatic heterocycles. The molecular weight excluding hydrogens is 448 g/mol. The minimum Gasteiger partial charge on any atom is -0.335 e. The van der Waals surface area contributed by atoms with Crippen LogP contribution >= 0.6 is 31.9 Å². The van der Waals surface area contributed by atoms with Gasteiger partial charge in [0.25, 0.3) is 0 Å². The fourth-order valence-electron chi connectivity index (χ4n) is 3.22. The van der Waals surface area contributed by atoms with Crippen molar-refractivity contribution in [2.45, 2.75) is 25.8 Å². The highest BCUT2D eigenvalue weighted by Crippen LogP contribution is 2.33. The van der Waals surface area contributed by atoms with Crippen LogP contribution in [0.2, 0.25) is 0 Å². The number of anilines is 1. The number of benzene rings is 2. The van der Waals surface area contributed by atoms with Gasteiger partial charge in [0.05, 0.1) is 18.2 Å². The first kappa shape index (κ1) is 18.1. The third kappa shape index (κ3) is 4.12. The number of nitrogens with one attached hydrogen (secondary N) is 1. The highest BCUT2D eigenvalue weighted by molar-refractivity contribution is 9.11. The fourth-order valence-corrected chi connectivity index (χ4v) is 4.36. The van der Waals surface area contributed by atoms with Gasteiger partial charge in [-0.3, -0.25) is 9.59 Å². The lowest BCUT2D eigenvalue weighted by molar-refractivity contribution is -0.132. The van der Waals surface area contributed by atoms with Gasteiger partial charge in [0.1, 0.15) is 0 Å². The molecule has 2 amide bonds. The van der Waals surface area contributed by atoms with E-state index in [2.05, 4.69) is 43.2 Å². The Morgan fingerprint density at radius 3 is 2.68 bits per heavy atom. The molecule has 1 atom stereocenters. The maximum Gasteiger partial charge on any atom is 0.226 e. The van der Waals surface area contributed by atoms with Crippen LogP contribution in [0, 0.1) is 0 Å². The molecule has 1 aliphatic rings. The smallest absolute Gasteiger partial charge is 0.226 e. The average molecular weight is 466 g/mol. The summed E-state index contributed by atoms with van der Waals surface area (Å²) in [6, 6.07) is 13.4. The number of nitrogens with zero attached hydrogens (tertiary/aromatic N) is 1. The van der Waals surface area contributed by atoms with E-state index in [-0.39, 0.29) is 24.3 Å². The van der Waals surface area contributed by atoms with Gasteiger partial charge in [-0.25, -0.2) is 0 Å². The summed E-state index contributed by atoms with van der Waals surface area (Å²) in [6.45, 7) is 2.20. The number of hydrogen-bond donors (Lipinski definition) is 1. The number of rotatable bonds is 3. The van der Waals surface area contributed by atoms with Crippen LogP contribution in [0.5, 0.6) is 0 Å². The molecule has 2 aromatic rings. The molecule has 0 aliphatic carbocycles. The summed E-state index contributed by atoms with van der Waals surface area (Å²) in [5.41, 5.74) is 2.99. The van der Waals surface area contributed by atoms with Crippen LogP contribution in [-0.2, 0) is 16.0 Å². The van der Waals surface area contributed by atoms with Crippen LogP contribution in [0.3, 0.4) is 0 Å². The minimum absolute atomic E-state index is 0.00266. The van der Waals surface area contributed by atoms with Gasteiger partial charge in [0.15, 0.2) is 0 Å². The van der Waals surface area contributed by atoms with E-state index in [4.69, 9.17) is 0 Å². The van der Waals surface area contributed by atoms with E-state index in [1.807, 2.05) is 36.4 Å². The van der Waals surface area contributed by atoms with Gasteiger partial charge in [-0.05, 0) is 51.7 Å². The lowest BCUT2D eigenvalue weighted by atomic mass is 9.90. The predicted molar refractivity (Wildman–Crippen MR) is 105 cm³/mol. The number of carbonyl (C=O) groups is 2. The van der Waals surface area contributed by atoms with E-state index < -0.39 is 0 Å². The van der Waals surface area contributed by atoms with Crippen molar-refractivity contribution in [3.05, 3.63) is 62.5 Å². The Morgan fingerprint density at radius 2 is 1.96 bits per heavy atom. The van der Waals surface area contributed by atoms with Gasteiger partial charge in [-0.1, -0.05) is 40.2 Å². The molecule has 6 heteroatoms. The third-order valence-electron chi connectivity index (χ3n) is 4.40. The first-order chi connectivity index (χ1) is 12.0. The molecule has 1 heterocycles. The van der Waals surface area contributed by atoms with Gasteiger partial charge >= 0.3 is 0 Å². The van der Waals surface area contributed by atoms with E-state index >= 15 is 0 Å². The Hall–Kier alpha value is -1.66. The largest absolute Gasteiger partial charge is 0.335 e. The van der Waals surface area contributed by atoms with Crippen LogP contribution < -0.4 is 5.32 Å². The van der Waals surface area contributed by atoms with Gasteiger partial charge in [0, 0.05) is 22.4 Å². The standard InChI is InChI=1S/C19H18Br2N2O2/c1-12(24)23-9-8-13-4-2-3-5-15(13)18(23)11-19(25)22-17-7-6-14(20)10-16(17)21/h2-7,10,18H,8-9,11H2,1H3,(H,22,25). The van der Waals surface area contributed by atoms with Crippen molar-refractivity contribution in [2.75, 3.05) is 11.9 Å². The molecular formula is C19H18Br2N2O2. The average Bonchev–Trinajstić information content (AvgIpc) is 2.57. The summed E-state index contributed by atoms with van der Waals surface area (Å²) in [6.07, 6.45) is 1.06. The van der Waals surface area contributed by atoms with E-state index in [1.54, 1.807) is 11.8 Å². The van der Waals surface area contributed by atoms with E-state index in [0.29, 0.717) is 12.2 Å². The molecule has 3 rings (SSSR count). The maximum atomic E-state index is 12.6. The molecule has 1 N–H and O–H groups in total. The van der Waals surface area contributed by atoms with Gasteiger partial charge in [0.2, 0.25) is 11.8 Å². The molecule has 25 heavy (non-hydrogen) atoms. The van der Waals surface area contributed by atoms with Crippen molar-refractivity contribution in [3.8, 4) is 0 Å². The number of halogens is 2. The van der Waals surface area contributed by atoms with Crippen molar-refractivity contribution in [2.24, 2.45) is 0 Å². The highest BCUT2D eigenvalue weighted by Gasteiger charge is 2.30. The van der Waals surface area contributed by atoms with Crippen molar-refractivity contribution in [3.63, 3.8) is 0 Å². The van der Waals surface area contributed by atoms with E-state index in [9.17, 15) is 9.59 Å². The molecule has 0 radical (unpaired) electrons. The van der Waals surface area contributed by atoms with Crippen LogP contribution in [0.4, 0.5) is 5.69 Å². The zero-order chi connectivity index (χ0) is 18.0. The van der Waals surface area contributed by atoms with Crippen LogP contribution in [-0.4, -0.2) is 23.3 Å². The highest BCUT2D eigenvalue weighted by atomic mass is 79.9. The van der Waals surface area contributed by atoms with Crippen LogP contribution in [0.25, 0.3) is 0 Å². The molecule has 0 spiro atoms. The lowest BCUT2D eigenvalue weighted by Crippen LogP contribution is -2.40. The Morgan fingerprint density at radius 1 is 1.20 bits per heavy atom.